The van der Waals surface area contributed by atoms with E-state index in [9.17, 15) is 9.59 Å². The van der Waals surface area contributed by atoms with Gasteiger partial charge in [0.2, 0.25) is 5.95 Å². The number of hydrogen-bond acceptors (Lipinski definition) is 7. The van der Waals surface area contributed by atoms with Gasteiger partial charge in [-0.3, -0.25) is 4.79 Å². The molecular formula is C25H31ClN4O4. The summed E-state index contributed by atoms with van der Waals surface area (Å²) >= 11 is 6.44. The molecule has 4 rings (SSSR count). The largest absolute Gasteiger partial charge is 0.458 e. The number of ether oxygens (including phenoxy) is 2. The molecule has 1 fully saturated rings. The number of fused-ring (bicyclic) bond motifs is 1. The zero-order valence-corrected chi connectivity index (χ0v) is 20.8. The fraction of sp³-hybridized carbons (Fsp3) is 0.520. The first-order chi connectivity index (χ1) is 16.2. The van der Waals surface area contributed by atoms with Crippen molar-refractivity contribution in [1.82, 2.24) is 14.9 Å². The molecule has 0 bridgehead atoms. The van der Waals surface area contributed by atoms with Crippen molar-refractivity contribution >= 4 is 29.4 Å². The van der Waals surface area contributed by atoms with E-state index in [0.29, 0.717) is 48.4 Å². The molecule has 3 heterocycles. The molecule has 0 aliphatic carbocycles. The number of aromatic nitrogens is 2. The maximum atomic E-state index is 13.3. The molecule has 34 heavy (non-hydrogen) atoms. The maximum absolute atomic E-state index is 13.3. The minimum Gasteiger partial charge on any atom is -0.458 e. The third-order valence-electron chi connectivity index (χ3n) is 5.96. The van der Waals surface area contributed by atoms with Crippen LogP contribution in [-0.2, 0) is 20.8 Å². The lowest BCUT2D eigenvalue weighted by Crippen LogP contribution is -2.44. The molecule has 0 radical (unpaired) electrons. The van der Waals surface area contributed by atoms with Gasteiger partial charge in [0.25, 0.3) is 5.91 Å². The Labute approximate surface area is 205 Å². The Balaban J connectivity index is 1.56. The summed E-state index contributed by atoms with van der Waals surface area (Å²) < 4.78 is 11.0. The number of anilines is 1. The summed E-state index contributed by atoms with van der Waals surface area (Å²) in [6, 6.07) is 5.20. The van der Waals surface area contributed by atoms with Gasteiger partial charge in [-0.25, -0.2) is 14.8 Å². The van der Waals surface area contributed by atoms with Gasteiger partial charge in [0, 0.05) is 36.9 Å². The fourth-order valence-corrected chi connectivity index (χ4v) is 4.47. The van der Waals surface area contributed by atoms with Gasteiger partial charge in [0.15, 0.2) is 0 Å². The van der Waals surface area contributed by atoms with Crippen LogP contribution in [0.4, 0.5) is 5.95 Å². The van der Waals surface area contributed by atoms with Crippen molar-refractivity contribution in [1.29, 1.82) is 0 Å². The molecule has 0 unspecified atom stereocenters. The van der Waals surface area contributed by atoms with E-state index in [1.165, 1.54) is 0 Å². The Morgan fingerprint density at radius 2 is 2.06 bits per heavy atom. The number of halogens is 1. The van der Waals surface area contributed by atoms with Gasteiger partial charge < -0.3 is 19.7 Å². The third kappa shape index (κ3) is 5.33. The number of benzene rings is 1. The molecule has 0 spiro atoms. The van der Waals surface area contributed by atoms with Gasteiger partial charge in [-0.05, 0) is 51.7 Å². The lowest BCUT2D eigenvalue weighted by atomic mass is 10.0. The number of nitrogens with one attached hydrogen (secondary N) is 1. The van der Waals surface area contributed by atoms with Crippen molar-refractivity contribution < 1.29 is 19.1 Å². The van der Waals surface area contributed by atoms with Crippen molar-refractivity contribution in [2.45, 2.75) is 71.2 Å². The Hall–Kier alpha value is -2.71. The predicted octanol–water partition coefficient (Wildman–Crippen LogP) is 4.46. The highest BCUT2D eigenvalue weighted by Gasteiger charge is 2.37. The molecule has 8 nitrogen and oxygen atoms in total. The summed E-state index contributed by atoms with van der Waals surface area (Å²) in [6.45, 7) is 9.13. The average molecular weight is 487 g/mol. The summed E-state index contributed by atoms with van der Waals surface area (Å²) in [5, 5.41) is 3.76. The summed E-state index contributed by atoms with van der Waals surface area (Å²) in [7, 11) is 0. The molecule has 182 valence electrons. The summed E-state index contributed by atoms with van der Waals surface area (Å²) in [6.07, 6.45) is 3.82. The monoisotopic (exact) mass is 486 g/mol. The van der Waals surface area contributed by atoms with E-state index in [0.717, 1.165) is 24.0 Å². The topological polar surface area (TPSA) is 93.7 Å². The number of amides is 1. The molecule has 1 aromatic carbocycles. The fourth-order valence-electron chi connectivity index (χ4n) is 4.27. The van der Waals surface area contributed by atoms with Crippen LogP contribution in [0.25, 0.3) is 11.3 Å². The third-order valence-corrected chi connectivity index (χ3v) is 6.23. The number of carbonyl (C=O) groups is 2. The minimum absolute atomic E-state index is 0.194. The lowest BCUT2D eigenvalue weighted by molar-refractivity contribution is -0.160. The number of rotatable bonds is 6. The highest BCUT2D eigenvalue weighted by atomic mass is 35.5. The predicted molar refractivity (Wildman–Crippen MR) is 130 cm³/mol. The second kappa shape index (κ2) is 9.88. The van der Waals surface area contributed by atoms with Crippen molar-refractivity contribution in [2.75, 3.05) is 18.5 Å². The highest BCUT2D eigenvalue weighted by molar-refractivity contribution is 6.33. The SMILES string of the molecule is CC[C@H](C(=O)OC(C)(C)C)N1Cc2ccc(-c3nc(NC4CCOCC4)ncc3Cl)cc2C1=O. The molecule has 2 aromatic rings. The first kappa shape index (κ1) is 24.4. The van der Waals surface area contributed by atoms with Crippen LogP contribution in [-0.4, -0.2) is 57.6 Å². The number of hydrogen-bond donors (Lipinski definition) is 1. The molecule has 2 aliphatic rings. The van der Waals surface area contributed by atoms with Crippen LogP contribution in [0.15, 0.2) is 24.4 Å². The molecule has 1 aromatic heterocycles. The van der Waals surface area contributed by atoms with E-state index in [1.807, 2.05) is 39.8 Å². The van der Waals surface area contributed by atoms with Crippen LogP contribution in [0, 0.1) is 0 Å². The summed E-state index contributed by atoms with van der Waals surface area (Å²) in [5.41, 5.74) is 2.07. The average Bonchev–Trinajstić information content (AvgIpc) is 3.11. The second-order valence-electron chi connectivity index (χ2n) is 9.68. The molecule has 1 amide bonds. The zero-order valence-electron chi connectivity index (χ0n) is 20.1. The summed E-state index contributed by atoms with van der Waals surface area (Å²) in [4.78, 5) is 36.6. The Bertz CT molecular complexity index is 1080. The molecule has 1 N–H and O–H groups in total. The highest BCUT2D eigenvalue weighted by Crippen LogP contribution is 2.33. The van der Waals surface area contributed by atoms with Gasteiger partial charge in [-0.1, -0.05) is 30.7 Å². The van der Waals surface area contributed by atoms with Gasteiger partial charge in [0.1, 0.15) is 11.6 Å². The normalized spacial score (nSPS) is 17.4. The van der Waals surface area contributed by atoms with E-state index < -0.39 is 11.6 Å². The zero-order chi connectivity index (χ0) is 24.5. The smallest absolute Gasteiger partial charge is 0.329 e. The van der Waals surface area contributed by atoms with E-state index in [1.54, 1.807) is 17.2 Å². The molecule has 9 heteroatoms. The van der Waals surface area contributed by atoms with Crippen molar-refractivity contribution in [3.8, 4) is 11.3 Å². The van der Waals surface area contributed by atoms with E-state index in [-0.39, 0.29) is 17.9 Å². The van der Waals surface area contributed by atoms with Crippen molar-refractivity contribution in [3.63, 3.8) is 0 Å². The van der Waals surface area contributed by atoms with Crippen LogP contribution < -0.4 is 5.32 Å². The van der Waals surface area contributed by atoms with Gasteiger partial charge >= 0.3 is 5.97 Å². The quantitative estimate of drug-likeness (QED) is 0.602. The van der Waals surface area contributed by atoms with Gasteiger partial charge in [-0.2, -0.15) is 0 Å². The van der Waals surface area contributed by atoms with Crippen LogP contribution in [0.5, 0.6) is 0 Å². The first-order valence-corrected chi connectivity index (χ1v) is 12.1. The van der Waals surface area contributed by atoms with Crippen LogP contribution in [0.1, 0.15) is 62.9 Å². The molecule has 2 aliphatic heterocycles. The molecule has 1 saturated heterocycles. The van der Waals surface area contributed by atoms with Gasteiger partial charge in [-0.15, -0.1) is 0 Å². The van der Waals surface area contributed by atoms with E-state index >= 15 is 0 Å². The van der Waals surface area contributed by atoms with Gasteiger partial charge in [0.05, 0.1) is 16.9 Å². The van der Waals surface area contributed by atoms with Crippen molar-refractivity contribution in [2.24, 2.45) is 0 Å². The Morgan fingerprint density at radius 3 is 2.74 bits per heavy atom. The van der Waals surface area contributed by atoms with Crippen LogP contribution >= 0.6 is 11.6 Å². The van der Waals surface area contributed by atoms with E-state index in [2.05, 4.69) is 15.3 Å². The summed E-state index contributed by atoms with van der Waals surface area (Å²) in [5.74, 6) is -0.0879. The van der Waals surface area contributed by atoms with Crippen LogP contribution in [0.2, 0.25) is 5.02 Å². The second-order valence-corrected chi connectivity index (χ2v) is 10.1. The number of esters is 1. The maximum Gasteiger partial charge on any atom is 0.329 e. The molecule has 1 atom stereocenters. The molecule has 0 saturated carbocycles. The number of carbonyl (C=O) groups excluding carboxylic acids is 2. The first-order valence-electron chi connectivity index (χ1n) is 11.7. The lowest BCUT2D eigenvalue weighted by Gasteiger charge is -2.29. The number of nitrogens with zero attached hydrogens (tertiary/aromatic N) is 3. The minimum atomic E-state index is -0.638. The van der Waals surface area contributed by atoms with E-state index in [4.69, 9.17) is 21.1 Å². The van der Waals surface area contributed by atoms with Crippen molar-refractivity contribution in [3.05, 3.63) is 40.5 Å². The Morgan fingerprint density at radius 1 is 1.32 bits per heavy atom. The van der Waals surface area contributed by atoms with Crippen LogP contribution in [0.3, 0.4) is 0 Å². The standard InChI is InChI=1S/C25H31ClN4O4/c1-5-20(23(32)34-25(2,3)4)30-14-16-7-6-15(12-18(16)22(30)31)21-19(26)13-27-24(29-21)28-17-8-10-33-11-9-17/h6-7,12-13,17,20H,5,8-11,14H2,1-4H3,(H,27,28,29)/t20-/m1/s1. The Kier molecular flexibility index (Phi) is 7.09. The molecular weight excluding hydrogens is 456 g/mol.